The van der Waals surface area contributed by atoms with Crippen molar-refractivity contribution < 1.29 is 13.6 Å². The molecule has 31 heavy (non-hydrogen) atoms. The number of nitrogens with zero attached hydrogens (tertiary/aromatic N) is 2. The molecular formula is C24H28FN3O2S. The van der Waals surface area contributed by atoms with Crippen LogP contribution in [0.5, 0.6) is 0 Å². The number of nitrogens with one attached hydrogen (secondary N) is 1. The Morgan fingerprint density at radius 3 is 2.52 bits per heavy atom. The fraction of sp³-hybridized carbons (Fsp3) is 0.375. The molecule has 1 fully saturated rings. The van der Waals surface area contributed by atoms with Crippen LogP contribution in [0, 0.1) is 5.82 Å². The molecule has 1 aromatic carbocycles. The van der Waals surface area contributed by atoms with Crippen molar-refractivity contribution in [2.45, 2.75) is 26.3 Å². The molecule has 5 nitrogen and oxygen atoms in total. The number of amides is 1. The van der Waals surface area contributed by atoms with Gasteiger partial charge in [-0.1, -0.05) is 26.0 Å². The van der Waals surface area contributed by atoms with Gasteiger partial charge >= 0.3 is 0 Å². The Bertz CT molecular complexity index is 993. The fourth-order valence-corrected chi connectivity index (χ4v) is 5.10. The second kappa shape index (κ2) is 9.77. The Balaban J connectivity index is 1.71. The van der Waals surface area contributed by atoms with Gasteiger partial charge in [-0.2, -0.15) is 0 Å². The van der Waals surface area contributed by atoms with Crippen molar-refractivity contribution in [2.24, 2.45) is 0 Å². The first-order valence-corrected chi connectivity index (χ1v) is 11.6. The Hall–Kier alpha value is -2.48. The van der Waals surface area contributed by atoms with Crippen LogP contribution in [0.15, 0.2) is 53.1 Å². The van der Waals surface area contributed by atoms with Gasteiger partial charge in [0, 0.05) is 36.6 Å². The van der Waals surface area contributed by atoms with E-state index in [0.29, 0.717) is 0 Å². The fourth-order valence-electron chi connectivity index (χ4n) is 4.08. The number of piperazine rings is 1. The van der Waals surface area contributed by atoms with Gasteiger partial charge in [-0.05, 0) is 48.9 Å². The van der Waals surface area contributed by atoms with Gasteiger partial charge in [-0.25, -0.2) is 4.39 Å². The van der Waals surface area contributed by atoms with E-state index in [4.69, 9.17) is 4.42 Å². The van der Waals surface area contributed by atoms with Crippen LogP contribution in [0.2, 0.25) is 0 Å². The molecule has 1 atom stereocenters. The van der Waals surface area contributed by atoms with Gasteiger partial charge in [0.15, 0.2) is 5.76 Å². The third kappa shape index (κ3) is 4.89. The molecule has 1 aliphatic heterocycles. The number of anilines is 1. The van der Waals surface area contributed by atoms with Gasteiger partial charge in [0.1, 0.15) is 10.8 Å². The summed E-state index contributed by atoms with van der Waals surface area (Å²) in [5.41, 5.74) is 2.08. The minimum absolute atomic E-state index is 0.0527. The number of furan rings is 1. The van der Waals surface area contributed by atoms with E-state index in [0.717, 1.165) is 55.3 Å². The number of carbonyl (C=O) groups is 1. The summed E-state index contributed by atoms with van der Waals surface area (Å²) in [6.45, 7) is 9.15. The molecule has 1 amide bonds. The predicted octanol–water partition coefficient (Wildman–Crippen LogP) is 5.02. The van der Waals surface area contributed by atoms with Crippen molar-refractivity contribution in [3.05, 3.63) is 76.3 Å². The molecule has 0 aliphatic carbocycles. The Morgan fingerprint density at radius 1 is 1.16 bits per heavy atom. The molecule has 1 saturated heterocycles. The first-order chi connectivity index (χ1) is 15.1. The first-order valence-electron chi connectivity index (χ1n) is 10.8. The van der Waals surface area contributed by atoms with Crippen molar-refractivity contribution in [1.82, 2.24) is 9.80 Å². The molecule has 164 valence electrons. The summed E-state index contributed by atoms with van der Waals surface area (Å²) in [4.78, 5) is 18.8. The van der Waals surface area contributed by atoms with Gasteiger partial charge < -0.3 is 14.6 Å². The number of benzene rings is 1. The molecule has 7 heteroatoms. The highest BCUT2D eigenvalue weighted by molar-refractivity contribution is 7.16. The maximum atomic E-state index is 13.7. The number of likely N-dealkylation sites (N-methyl/N-ethyl adjacent to an activating group) is 1. The lowest BCUT2D eigenvalue weighted by molar-refractivity contribution is 0.0995. The van der Waals surface area contributed by atoms with Crippen molar-refractivity contribution in [3.63, 3.8) is 0 Å². The second-order valence-electron chi connectivity index (χ2n) is 7.71. The van der Waals surface area contributed by atoms with E-state index in [2.05, 4.69) is 35.0 Å². The second-order valence-corrected chi connectivity index (χ2v) is 8.84. The van der Waals surface area contributed by atoms with Crippen LogP contribution < -0.4 is 5.32 Å². The zero-order chi connectivity index (χ0) is 21.8. The molecule has 1 N–H and O–H groups in total. The lowest BCUT2D eigenvalue weighted by Gasteiger charge is -2.39. The van der Waals surface area contributed by atoms with E-state index in [1.165, 1.54) is 23.3 Å². The number of thiophene rings is 1. The topological polar surface area (TPSA) is 48.7 Å². The average Bonchev–Trinajstić information content (AvgIpc) is 3.46. The molecule has 2 aromatic heterocycles. The number of halogens is 1. The van der Waals surface area contributed by atoms with Gasteiger partial charge in [-0.15, -0.1) is 11.3 Å². The molecule has 0 saturated carbocycles. The van der Waals surface area contributed by atoms with E-state index in [9.17, 15) is 9.18 Å². The van der Waals surface area contributed by atoms with E-state index < -0.39 is 0 Å². The van der Waals surface area contributed by atoms with E-state index in [-0.39, 0.29) is 23.5 Å². The number of carbonyl (C=O) groups excluding carboxylic acids is 1. The Morgan fingerprint density at radius 2 is 1.90 bits per heavy atom. The summed E-state index contributed by atoms with van der Waals surface area (Å²) >= 11 is 1.60. The lowest BCUT2D eigenvalue weighted by atomic mass is 9.97. The molecule has 4 rings (SSSR count). The number of rotatable bonds is 7. The van der Waals surface area contributed by atoms with E-state index in [1.807, 2.05) is 12.1 Å². The van der Waals surface area contributed by atoms with Gasteiger partial charge in [0.2, 0.25) is 0 Å². The monoisotopic (exact) mass is 441 g/mol. The quantitative estimate of drug-likeness (QED) is 0.559. The summed E-state index contributed by atoms with van der Waals surface area (Å²) in [6, 6.07) is 12.2. The highest BCUT2D eigenvalue weighted by Crippen LogP contribution is 2.40. The summed E-state index contributed by atoms with van der Waals surface area (Å²) in [7, 11) is 0. The van der Waals surface area contributed by atoms with Crippen molar-refractivity contribution in [3.8, 4) is 0 Å². The molecule has 0 unspecified atom stereocenters. The summed E-state index contributed by atoms with van der Waals surface area (Å²) < 4.78 is 18.9. The number of aryl methyl sites for hydroxylation is 1. The number of hydrogen-bond donors (Lipinski definition) is 1. The van der Waals surface area contributed by atoms with Crippen molar-refractivity contribution in [1.29, 1.82) is 0 Å². The number of hydrogen-bond acceptors (Lipinski definition) is 5. The average molecular weight is 442 g/mol. The summed E-state index contributed by atoms with van der Waals surface area (Å²) in [6.07, 6.45) is 2.38. The highest BCUT2D eigenvalue weighted by atomic mass is 32.1. The van der Waals surface area contributed by atoms with Crippen LogP contribution in [0.3, 0.4) is 0 Å². The van der Waals surface area contributed by atoms with Crippen LogP contribution in [0.1, 0.15) is 46.4 Å². The zero-order valence-corrected chi connectivity index (χ0v) is 18.8. The van der Waals surface area contributed by atoms with Crippen LogP contribution >= 0.6 is 11.3 Å². The largest absolute Gasteiger partial charge is 0.459 e. The smallest absolute Gasteiger partial charge is 0.291 e. The molecule has 1 aliphatic rings. The van der Waals surface area contributed by atoms with Gasteiger partial charge in [0.25, 0.3) is 5.91 Å². The molecule has 0 spiro atoms. The summed E-state index contributed by atoms with van der Waals surface area (Å²) in [5, 5.41) is 3.89. The minimum atomic E-state index is -0.260. The SMILES string of the molecule is CCc1cc([C@H](c2ccc(F)cc2)N2CCN(CC)CC2)c(NC(=O)c2ccco2)s1. The van der Waals surface area contributed by atoms with Crippen LogP contribution in [0.25, 0.3) is 0 Å². The van der Waals surface area contributed by atoms with Crippen molar-refractivity contribution >= 4 is 22.2 Å². The maximum absolute atomic E-state index is 13.7. The van der Waals surface area contributed by atoms with Crippen molar-refractivity contribution in [2.75, 3.05) is 38.0 Å². The Labute approximate surface area is 186 Å². The molecule has 0 bridgehead atoms. The third-order valence-electron chi connectivity index (χ3n) is 5.83. The molecule has 0 radical (unpaired) electrons. The summed E-state index contributed by atoms with van der Waals surface area (Å²) in [5.74, 6) is -0.221. The third-order valence-corrected chi connectivity index (χ3v) is 7.04. The normalized spacial score (nSPS) is 16.4. The molecule has 3 heterocycles. The van der Waals surface area contributed by atoms with Gasteiger partial charge in [0.05, 0.1) is 12.3 Å². The van der Waals surface area contributed by atoms with Crippen LogP contribution in [-0.2, 0) is 6.42 Å². The van der Waals surface area contributed by atoms with E-state index >= 15 is 0 Å². The van der Waals surface area contributed by atoms with Gasteiger partial charge in [-0.3, -0.25) is 9.69 Å². The molecule has 3 aromatic rings. The van der Waals surface area contributed by atoms with Crippen LogP contribution in [0.4, 0.5) is 9.39 Å². The predicted molar refractivity (Wildman–Crippen MR) is 122 cm³/mol. The lowest BCUT2D eigenvalue weighted by Crippen LogP contribution is -2.47. The first kappa shape index (κ1) is 21.7. The van der Waals surface area contributed by atoms with E-state index in [1.54, 1.807) is 23.5 Å². The molecular weight excluding hydrogens is 413 g/mol. The highest BCUT2D eigenvalue weighted by Gasteiger charge is 2.30. The minimum Gasteiger partial charge on any atom is -0.459 e. The maximum Gasteiger partial charge on any atom is 0.291 e. The zero-order valence-electron chi connectivity index (χ0n) is 17.9. The van der Waals surface area contributed by atoms with Crippen LogP contribution in [-0.4, -0.2) is 48.4 Å². The Kier molecular flexibility index (Phi) is 6.85. The standard InChI is InChI=1S/C24H28FN3O2S/c1-3-19-16-20(24(31-19)26-23(29)21-6-5-15-30-21)22(17-7-9-18(25)10-8-17)28-13-11-27(4-2)12-14-28/h5-10,15-16,22H,3-4,11-14H2,1-2H3,(H,26,29)/t22-/m0/s1.